The number of alkyl halides is 1. The van der Waals surface area contributed by atoms with Gasteiger partial charge in [-0.1, -0.05) is 70.0 Å². The highest BCUT2D eigenvalue weighted by atomic mass is 79.9. The second-order valence-corrected chi connectivity index (χ2v) is 5.25. The SMILES string of the molecule is Clc1ccc(CC(Br)c2ccccc2)cc1. The maximum Gasteiger partial charge on any atom is 0.0435 e. The zero-order chi connectivity index (χ0) is 11.4. The number of benzene rings is 2. The Morgan fingerprint density at radius 2 is 1.56 bits per heavy atom. The minimum absolute atomic E-state index is 0.356. The smallest absolute Gasteiger partial charge is 0.0435 e. The second kappa shape index (κ2) is 5.51. The highest BCUT2D eigenvalue weighted by molar-refractivity contribution is 9.09. The molecule has 0 aliphatic heterocycles. The van der Waals surface area contributed by atoms with Crippen molar-refractivity contribution in [3.63, 3.8) is 0 Å². The van der Waals surface area contributed by atoms with Crippen molar-refractivity contribution in [1.29, 1.82) is 0 Å². The Bertz CT molecular complexity index is 436. The van der Waals surface area contributed by atoms with E-state index < -0.39 is 0 Å². The van der Waals surface area contributed by atoms with Crippen molar-refractivity contribution in [2.45, 2.75) is 11.2 Å². The molecule has 0 N–H and O–H groups in total. The van der Waals surface area contributed by atoms with Crippen molar-refractivity contribution < 1.29 is 0 Å². The van der Waals surface area contributed by atoms with Gasteiger partial charge in [-0.15, -0.1) is 0 Å². The van der Waals surface area contributed by atoms with Crippen LogP contribution in [0.2, 0.25) is 5.02 Å². The lowest BCUT2D eigenvalue weighted by atomic mass is 10.0. The molecule has 0 aromatic heterocycles. The van der Waals surface area contributed by atoms with Crippen molar-refractivity contribution in [2.75, 3.05) is 0 Å². The predicted octanol–water partition coefficient (Wildman–Crippen LogP) is 5.02. The maximum absolute atomic E-state index is 5.85. The fourth-order valence-electron chi connectivity index (χ4n) is 1.61. The van der Waals surface area contributed by atoms with E-state index in [4.69, 9.17) is 11.6 Å². The Kier molecular flexibility index (Phi) is 4.03. The number of halogens is 2. The fraction of sp³-hybridized carbons (Fsp3) is 0.143. The molecule has 0 spiro atoms. The zero-order valence-electron chi connectivity index (χ0n) is 8.74. The molecule has 0 aliphatic rings. The molecule has 0 saturated heterocycles. The van der Waals surface area contributed by atoms with E-state index in [1.54, 1.807) is 0 Å². The third-order valence-electron chi connectivity index (χ3n) is 2.49. The summed E-state index contributed by atoms with van der Waals surface area (Å²) in [4.78, 5) is 0.356. The Labute approximate surface area is 109 Å². The van der Waals surface area contributed by atoms with Gasteiger partial charge in [0.25, 0.3) is 0 Å². The van der Waals surface area contributed by atoms with E-state index in [1.807, 2.05) is 18.2 Å². The van der Waals surface area contributed by atoms with Crippen LogP contribution in [0.25, 0.3) is 0 Å². The molecule has 0 fully saturated rings. The van der Waals surface area contributed by atoms with Crippen LogP contribution < -0.4 is 0 Å². The van der Waals surface area contributed by atoms with Gasteiger partial charge in [0.1, 0.15) is 0 Å². The van der Waals surface area contributed by atoms with Crippen LogP contribution >= 0.6 is 27.5 Å². The normalized spacial score (nSPS) is 12.4. The highest BCUT2D eigenvalue weighted by Gasteiger charge is 2.07. The molecule has 2 aromatic carbocycles. The molecule has 82 valence electrons. The van der Waals surface area contributed by atoms with E-state index in [2.05, 4.69) is 52.3 Å². The van der Waals surface area contributed by atoms with E-state index in [9.17, 15) is 0 Å². The minimum Gasteiger partial charge on any atom is -0.0843 e. The van der Waals surface area contributed by atoms with Crippen molar-refractivity contribution in [2.24, 2.45) is 0 Å². The van der Waals surface area contributed by atoms with E-state index >= 15 is 0 Å². The lowest BCUT2D eigenvalue weighted by Gasteiger charge is -2.10. The summed E-state index contributed by atoms with van der Waals surface area (Å²) in [6.07, 6.45) is 0.973. The Morgan fingerprint density at radius 1 is 0.938 bits per heavy atom. The minimum atomic E-state index is 0.356. The fourth-order valence-corrected chi connectivity index (χ4v) is 2.41. The number of rotatable bonds is 3. The Balaban J connectivity index is 2.08. The van der Waals surface area contributed by atoms with Crippen LogP contribution in [-0.2, 0) is 6.42 Å². The molecule has 16 heavy (non-hydrogen) atoms. The van der Waals surface area contributed by atoms with Gasteiger partial charge in [-0.2, -0.15) is 0 Å². The summed E-state index contributed by atoms with van der Waals surface area (Å²) >= 11 is 9.56. The van der Waals surface area contributed by atoms with Crippen LogP contribution in [0, 0.1) is 0 Å². The maximum atomic E-state index is 5.85. The molecule has 0 radical (unpaired) electrons. The predicted molar refractivity (Wildman–Crippen MR) is 73.3 cm³/mol. The van der Waals surface area contributed by atoms with E-state index in [-0.39, 0.29) is 0 Å². The van der Waals surface area contributed by atoms with Crippen LogP contribution in [-0.4, -0.2) is 0 Å². The first kappa shape index (κ1) is 11.7. The first-order chi connectivity index (χ1) is 7.75. The largest absolute Gasteiger partial charge is 0.0843 e. The lowest BCUT2D eigenvalue weighted by Crippen LogP contribution is -1.94. The van der Waals surface area contributed by atoms with Gasteiger partial charge in [-0.25, -0.2) is 0 Å². The van der Waals surface area contributed by atoms with E-state index in [0.717, 1.165) is 11.4 Å². The molecule has 1 atom stereocenters. The molecule has 0 aliphatic carbocycles. The standard InChI is InChI=1S/C14H12BrCl/c15-14(12-4-2-1-3-5-12)10-11-6-8-13(16)9-7-11/h1-9,14H,10H2. The summed E-state index contributed by atoms with van der Waals surface area (Å²) < 4.78 is 0. The van der Waals surface area contributed by atoms with Crippen LogP contribution in [0.15, 0.2) is 54.6 Å². The molecule has 0 amide bonds. The summed E-state index contributed by atoms with van der Waals surface area (Å²) in [5.74, 6) is 0. The molecule has 0 saturated carbocycles. The van der Waals surface area contributed by atoms with Crippen molar-refractivity contribution in [3.05, 3.63) is 70.7 Å². The van der Waals surface area contributed by atoms with Gasteiger partial charge in [-0.05, 0) is 29.7 Å². The third-order valence-corrected chi connectivity index (χ3v) is 3.59. The third kappa shape index (κ3) is 3.10. The summed E-state index contributed by atoms with van der Waals surface area (Å²) in [6, 6.07) is 18.4. The van der Waals surface area contributed by atoms with Gasteiger partial charge in [0.05, 0.1) is 0 Å². The van der Waals surface area contributed by atoms with Crippen LogP contribution in [0.1, 0.15) is 16.0 Å². The van der Waals surface area contributed by atoms with Gasteiger partial charge < -0.3 is 0 Å². The summed E-state index contributed by atoms with van der Waals surface area (Å²) in [5, 5.41) is 0.787. The average molecular weight is 296 g/mol. The van der Waals surface area contributed by atoms with E-state index in [1.165, 1.54) is 11.1 Å². The molecule has 0 nitrogen and oxygen atoms in total. The molecule has 2 aromatic rings. The van der Waals surface area contributed by atoms with Crippen molar-refractivity contribution >= 4 is 27.5 Å². The quantitative estimate of drug-likeness (QED) is 0.698. The van der Waals surface area contributed by atoms with Crippen molar-refractivity contribution in [3.8, 4) is 0 Å². The molecular formula is C14H12BrCl. The second-order valence-electron chi connectivity index (χ2n) is 3.71. The highest BCUT2D eigenvalue weighted by Crippen LogP contribution is 2.27. The number of hydrogen-bond donors (Lipinski definition) is 0. The van der Waals surface area contributed by atoms with E-state index in [0.29, 0.717) is 4.83 Å². The Hall–Kier alpha value is -0.790. The summed E-state index contributed by atoms with van der Waals surface area (Å²) in [5.41, 5.74) is 2.59. The van der Waals surface area contributed by atoms with Crippen LogP contribution in [0.4, 0.5) is 0 Å². The van der Waals surface area contributed by atoms with Crippen LogP contribution in [0.3, 0.4) is 0 Å². The topological polar surface area (TPSA) is 0 Å². The lowest BCUT2D eigenvalue weighted by molar-refractivity contribution is 0.949. The molecule has 0 bridgehead atoms. The Morgan fingerprint density at radius 3 is 2.19 bits per heavy atom. The van der Waals surface area contributed by atoms with Gasteiger partial charge in [0.15, 0.2) is 0 Å². The monoisotopic (exact) mass is 294 g/mol. The molecule has 0 heterocycles. The van der Waals surface area contributed by atoms with Gasteiger partial charge in [0, 0.05) is 9.85 Å². The van der Waals surface area contributed by atoms with Gasteiger partial charge in [0.2, 0.25) is 0 Å². The van der Waals surface area contributed by atoms with Crippen LogP contribution in [0.5, 0.6) is 0 Å². The first-order valence-electron chi connectivity index (χ1n) is 5.19. The van der Waals surface area contributed by atoms with Gasteiger partial charge in [-0.3, -0.25) is 0 Å². The molecule has 2 heteroatoms. The molecule has 1 unspecified atom stereocenters. The number of hydrogen-bond acceptors (Lipinski definition) is 0. The van der Waals surface area contributed by atoms with Crippen molar-refractivity contribution in [1.82, 2.24) is 0 Å². The zero-order valence-corrected chi connectivity index (χ0v) is 11.1. The molecule has 2 rings (SSSR count). The summed E-state index contributed by atoms with van der Waals surface area (Å²) in [7, 11) is 0. The average Bonchev–Trinajstić information content (AvgIpc) is 2.33. The summed E-state index contributed by atoms with van der Waals surface area (Å²) in [6.45, 7) is 0. The molecular weight excluding hydrogens is 284 g/mol. The first-order valence-corrected chi connectivity index (χ1v) is 6.48. The van der Waals surface area contributed by atoms with Gasteiger partial charge >= 0.3 is 0 Å².